The Morgan fingerprint density at radius 2 is 1.74 bits per heavy atom. The maximum atomic E-state index is 6.32. The number of allylic oxidation sites excluding steroid dienone is 1. The summed E-state index contributed by atoms with van der Waals surface area (Å²) in [6.07, 6.45) is 13.4. The van der Waals surface area contributed by atoms with Gasteiger partial charge in [0.05, 0.1) is 6.61 Å². The smallest absolute Gasteiger partial charge is 0.147 e. The van der Waals surface area contributed by atoms with E-state index >= 15 is 0 Å². The van der Waals surface area contributed by atoms with Crippen molar-refractivity contribution in [2.24, 2.45) is 5.92 Å². The molecule has 0 N–H and O–H groups in total. The molecule has 1 saturated carbocycles. The molecule has 0 radical (unpaired) electrons. The van der Waals surface area contributed by atoms with Gasteiger partial charge < -0.3 is 4.74 Å². The first-order valence-corrected chi connectivity index (χ1v) is 11.1. The van der Waals surface area contributed by atoms with E-state index in [0.29, 0.717) is 10.9 Å². The van der Waals surface area contributed by atoms with Gasteiger partial charge in [-0.3, -0.25) is 0 Å². The zero-order chi connectivity index (χ0) is 15.5. The molecule has 1 atom stereocenters. The van der Waals surface area contributed by atoms with Gasteiger partial charge in [0, 0.05) is 17.5 Å². The average molecular weight is 330 g/mol. The minimum Gasteiger partial charge on any atom is -0.493 e. The van der Waals surface area contributed by atoms with Crippen LogP contribution in [0.1, 0.15) is 67.7 Å². The number of hydrogen-bond donors (Lipinski definition) is 0. The molecule has 23 heavy (non-hydrogen) atoms. The Morgan fingerprint density at radius 3 is 2.57 bits per heavy atom. The van der Waals surface area contributed by atoms with Gasteiger partial charge in [0.2, 0.25) is 0 Å². The third-order valence-electron chi connectivity index (χ3n) is 5.76. The van der Waals surface area contributed by atoms with Crippen LogP contribution in [-0.4, -0.2) is 18.1 Å². The van der Waals surface area contributed by atoms with Crippen LogP contribution in [0.5, 0.6) is 0 Å². The standard InChI is InChI=1S/C21H29OS/c1-2-8-17(9-3-1)16-22-20-12-13-21(23-14-6-7-15-23)19-11-5-4-10-18(19)20/h4-5,10-12,17,21H,1-3,6-9,13-16H2/q+1. The first kappa shape index (κ1) is 15.6. The highest BCUT2D eigenvalue weighted by molar-refractivity contribution is 7.97. The Morgan fingerprint density at radius 1 is 0.957 bits per heavy atom. The highest BCUT2D eigenvalue weighted by atomic mass is 32.2. The summed E-state index contributed by atoms with van der Waals surface area (Å²) in [5.41, 5.74) is 2.96. The predicted molar refractivity (Wildman–Crippen MR) is 101 cm³/mol. The lowest BCUT2D eigenvalue weighted by atomic mass is 9.90. The Bertz CT molecular complexity index is 553. The van der Waals surface area contributed by atoms with Gasteiger partial charge >= 0.3 is 0 Å². The molecule has 2 fully saturated rings. The van der Waals surface area contributed by atoms with Gasteiger partial charge in [-0.1, -0.05) is 43.5 Å². The van der Waals surface area contributed by atoms with Crippen LogP contribution in [-0.2, 0) is 15.6 Å². The minimum absolute atomic E-state index is 0.602. The topological polar surface area (TPSA) is 9.23 Å². The highest BCUT2D eigenvalue weighted by Crippen LogP contribution is 2.41. The van der Waals surface area contributed by atoms with Crippen LogP contribution in [0.3, 0.4) is 0 Å². The third kappa shape index (κ3) is 3.47. The van der Waals surface area contributed by atoms with Crippen molar-refractivity contribution in [2.45, 2.75) is 56.6 Å². The molecule has 1 aromatic rings. The maximum absolute atomic E-state index is 6.32. The quantitative estimate of drug-likeness (QED) is 0.665. The van der Waals surface area contributed by atoms with Crippen LogP contribution in [0.2, 0.25) is 0 Å². The summed E-state index contributed by atoms with van der Waals surface area (Å²) in [4.78, 5) is 0. The Balaban J connectivity index is 1.48. The first-order chi connectivity index (χ1) is 11.4. The normalized spacial score (nSPS) is 25.9. The van der Waals surface area contributed by atoms with E-state index in [1.165, 1.54) is 74.2 Å². The molecule has 4 rings (SSSR count). The van der Waals surface area contributed by atoms with E-state index in [4.69, 9.17) is 4.74 Å². The molecule has 0 bridgehead atoms. The summed E-state index contributed by atoms with van der Waals surface area (Å²) in [6, 6.07) is 9.04. The van der Waals surface area contributed by atoms with E-state index in [9.17, 15) is 0 Å². The second-order valence-corrected chi connectivity index (χ2v) is 9.81. The van der Waals surface area contributed by atoms with E-state index < -0.39 is 0 Å². The number of rotatable bonds is 4. The fourth-order valence-electron chi connectivity index (χ4n) is 4.43. The van der Waals surface area contributed by atoms with Crippen LogP contribution in [0.4, 0.5) is 0 Å². The van der Waals surface area contributed by atoms with E-state index in [2.05, 4.69) is 30.3 Å². The number of benzene rings is 1. The Hall–Kier alpha value is -0.890. The summed E-state index contributed by atoms with van der Waals surface area (Å²) in [5.74, 6) is 4.85. The van der Waals surface area contributed by atoms with E-state index in [-0.39, 0.29) is 0 Å². The van der Waals surface area contributed by atoms with Crippen LogP contribution < -0.4 is 0 Å². The molecule has 3 aliphatic rings. The Labute approximate surface area is 143 Å². The fraction of sp³-hybridized carbons (Fsp3) is 0.619. The van der Waals surface area contributed by atoms with E-state index in [0.717, 1.165) is 17.8 Å². The molecule has 0 spiro atoms. The fourth-order valence-corrected chi connectivity index (χ4v) is 7.28. The van der Waals surface area contributed by atoms with Gasteiger partial charge in [-0.25, -0.2) is 0 Å². The molecule has 2 aliphatic carbocycles. The van der Waals surface area contributed by atoms with Gasteiger partial charge in [-0.05, 0) is 48.6 Å². The number of fused-ring (bicyclic) bond motifs is 1. The van der Waals surface area contributed by atoms with Gasteiger partial charge in [-0.15, -0.1) is 0 Å². The van der Waals surface area contributed by atoms with E-state index in [1.54, 1.807) is 5.56 Å². The molecule has 1 heterocycles. The lowest BCUT2D eigenvalue weighted by Crippen LogP contribution is -2.20. The lowest BCUT2D eigenvalue weighted by molar-refractivity contribution is 0.182. The molecular weight excluding hydrogens is 300 g/mol. The molecule has 1 nitrogen and oxygen atoms in total. The van der Waals surface area contributed by atoms with Crippen LogP contribution in [0, 0.1) is 5.92 Å². The van der Waals surface area contributed by atoms with Gasteiger partial charge in [-0.2, -0.15) is 0 Å². The molecule has 1 unspecified atom stereocenters. The molecule has 124 valence electrons. The molecule has 1 saturated heterocycles. The largest absolute Gasteiger partial charge is 0.493 e. The van der Waals surface area contributed by atoms with Crippen LogP contribution in [0.25, 0.3) is 5.76 Å². The molecule has 0 amide bonds. The second kappa shape index (κ2) is 7.34. The van der Waals surface area contributed by atoms with Crippen molar-refractivity contribution >= 4 is 16.7 Å². The molecule has 1 aromatic carbocycles. The van der Waals surface area contributed by atoms with E-state index in [1.807, 2.05) is 0 Å². The highest BCUT2D eigenvalue weighted by Gasteiger charge is 2.38. The average Bonchev–Trinajstić information content (AvgIpc) is 3.15. The third-order valence-corrected chi connectivity index (χ3v) is 8.63. The molecule has 2 heteroatoms. The second-order valence-electron chi connectivity index (χ2n) is 7.35. The summed E-state index contributed by atoms with van der Waals surface area (Å²) in [7, 11) is 0.602. The molecule has 1 aliphatic heterocycles. The zero-order valence-electron chi connectivity index (χ0n) is 14.1. The molecule has 0 aromatic heterocycles. The van der Waals surface area contributed by atoms with Gasteiger partial charge in [0.15, 0.2) is 0 Å². The Kier molecular flexibility index (Phi) is 4.99. The number of ether oxygens (including phenoxy) is 1. The molecular formula is C21H29OS+. The summed E-state index contributed by atoms with van der Waals surface area (Å²) in [6.45, 7) is 0.927. The van der Waals surface area contributed by atoms with Crippen molar-refractivity contribution in [3.63, 3.8) is 0 Å². The first-order valence-electron chi connectivity index (χ1n) is 9.50. The summed E-state index contributed by atoms with van der Waals surface area (Å²) < 4.78 is 6.32. The van der Waals surface area contributed by atoms with Crippen molar-refractivity contribution in [2.75, 3.05) is 18.1 Å². The van der Waals surface area contributed by atoms with Crippen molar-refractivity contribution < 1.29 is 4.74 Å². The maximum Gasteiger partial charge on any atom is 0.147 e. The minimum atomic E-state index is 0.602. The SMILES string of the molecule is C1=C(OCC2CCCCC2)c2ccccc2C([S+]2CCCC2)C1. The van der Waals surface area contributed by atoms with Crippen molar-refractivity contribution in [3.05, 3.63) is 41.5 Å². The predicted octanol–water partition coefficient (Wildman–Crippen LogP) is 5.48. The zero-order valence-corrected chi connectivity index (χ0v) is 15.0. The van der Waals surface area contributed by atoms with Gasteiger partial charge in [0.1, 0.15) is 22.5 Å². The summed E-state index contributed by atoms with van der Waals surface area (Å²) in [5, 5.41) is 0.760. The van der Waals surface area contributed by atoms with Crippen LogP contribution in [0.15, 0.2) is 30.3 Å². The van der Waals surface area contributed by atoms with Crippen molar-refractivity contribution in [1.82, 2.24) is 0 Å². The van der Waals surface area contributed by atoms with Gasteiger partial charge in [0.25, 0.3) is 0 Å². The van der Waals surface area contributed by atoms with Crippen LogP contribution >= 0.6 is 0 Å². The lowest BCUT2D eigenvalue weighted by Gasteiger charge is -2.27. The summed E-state index contributed by atoms with van der Waals surface area (Å²) >= 11 is 0. The number of hydrogen-bond acceptors (Lipinski definition) is 1. The monoisotopic (exact) mass is 329 g/mol. The van der Waals surface area contributed by atoms with Crippen molar-refractivity contribution in [3.8, 4) is 0 Å². The van der Waals surface area contributed by atoms with Crippen molar-refractivity contribution in [1.29, 1.82) is 0 Å².